The van der Waals surface area contributed by atoms with Gasteiger partial charge in [0.1, 0.15) is 0 Å². The highest BCUT2D eigenvalue weighted by atomic mass is 16.5. The number of methoxy groups -OCH3 is 1. The molecule has 1 aromatic carbocycles. The summed E-state index contributed by atoms with van der Waals surface area (Å²) in [5.41, 5.74) is 4.01. The lowest BCUT2D eigenvalue weighted by Crippen LogP contribution is -1.99. The molecule has 0 amide bonds. The number of hydrogen-bond acceptors (Lipinski definition) is 1. The second-order valence-electron chi connectivity index (χ2n) is 3.42. The van der Waals surface area contributed by atoms with Crippen LogP contribution in [0.25, 0.3) is 0 Å². The minimum atomic E-state index is 0.200. The van der Waals surface area contributed by atoms with Gasteiger partial charge in [-0.25, -0.2) is 0 Å². The molecule has 0 fully saturated rings. The molecule has 0 saturated carbocycles. The molecule has 0 aliphatic rings. The average Bonchev–Trinajstić information content (AvgIpc) is 2.16. The second kappa shape index (κ2) is 4.43. The Hall–Kier alpha value is -0.820. The molecular weight excluding hydrogens is 160 g/mol. The Morgan fingerprint density at radius 2 is 2.08 bits per heavy atom. The molecule has 1 rings (SSSR count). The zero-order valence-electron chi connectivity index (χ0n) is 8.92. The van der Waals surface area contributed by atoms with Gasteiger partial charge in [0.05, 0.1) is 6.10 Å². The van der Waals surface area contributed by atoms with Crippen LogP contribution in [0.3, 0.4) is 0 Å². The number of rotatable bonds is 3. The molecule has 0 aliphatic carbocycles. The molecule has 1 aromatic rings. The molecule has 0 aliphatic heterocycles. The van der Waals surface area contributed by atoms with E-state index in [0.717, 1.165) is 6.42 Å². The van der Waals surface area contributed by atoms with Crippen molar-refractivity contribution in [3.63, 3.8) is 0 Å². The summed E-state index contributed by atoms with van der Waals surface area (Å²) >= 11 is 0. The van der Waals surface area contributed by atoms with E-state index in [9.17, 15) is 0 Å². The molecule has 1 heteroatoms. The van der Waals surface area contributed by atoms with Crippen LogP contribution in [0.2, 0.25) is 0 Å². The van der Waals surface area contributed by atoms with E-state index in [1.54, 1.807) is 7.11 Å². The first-order chi connectivity index (χ1) is 6.19. The Bertz CT molecular complexity index is 278. The molecule has 0 bridgehead atoms. The lowest BCUT2D eigenvalue weighted by atomic mass is 10.0. The third-order valence-corrected chi connectivity index (χ3v) is 2.53. The monoisotopic (exact) mass is 178 g/mol. The van der Waals surface area contributed by atoms with Crippen LogP contribution in [0.1, 0.15) is 36.6 Å². The van der Waals surface area contributed by atoms with Gasteiger partial charge in [0.15, 0.2) is 0 Å². The number of hydrogen-bond donors (Lipinski definition) is 0. The van der Waals surface area contributed by atoms with Crippen LogP contribution in [0.15, 0.2) is 18.2 Å². The molecule has 0 aromatic heterocycles. The first-order valence-electron chi connectivity index (χ1n) is 4.81. The SMILES string of the molecule is CCc1ccc(C(C)OC)c(C)c1. The van der Waals surface area contributed by atoms with Crippen LogP contribution in [-0.4, -0.2) is 7.11 Å². The Morgan fingerprint density at radius 1 is 1.38 bits per heavy atom. The van der Waals surface area contributed by atoms with Crippen molar-refractivity contribution in [3.8, 4) is 0 Å². The predicted octanol–water partition coefficient (Wildman–Crippen LogP) is 3.26. The molecule has 13 heavy (non-hydrogen) atoms. The van der Waals surface area contributed by atoms with Crippen LogP contribution in [0.5, 0.6) is 0 Å². The third-order valence-electron chi connectivity index (χ3n) is 2.53. The number of aryl methyl sites for hydroxylation is 2. The van der Waals surface area contributed by atoms with Gasteiger partial charge in [-0.15, -0.1) is 0 Å². The van der Waals surface area contributed by atoms with Crippen LogP contribution in [-0.2, 0) is 11.2 Å². The number of ether oxygens (including phenoxy) is 1. The Balaban J connectivity index is 2.98. The van der Waals surface area contributed by atoms with Gasteiger partial charge in [0, 0.05) is 7.11 Å². The van der Waals surface area contributed by atoms with Crippen molar-refractivity contribution in [3.05, 3.63) is 34.9 Å². The minimum absolute atomic E-state index is 0.200. The minimum Gasteiger partial charge on any atom is -0.377 e. The summed E-state index contributed by atoms with van der Waals surface area (Å²) < 4.78 is 5.29. The largest absolute Gasteiger partial charge is 0.377 e. The van der Waals surface area contributed by atoms with Crippen molar-refractivity contribution in [2.75, 3.05) is 7.11 Å². The molecule has 0 radical (unpaired) electrons. The molecule has 0 spiro atoms. The van der Waals surface area contributed by atoms with E-state index in [-0.39, 0.29) is 6.10 Å². The van der Waals surface area contributed by atoms with E-state index in [0.29, 0.717) is 0 Å². The maximum atomic E-state index is 5.29. The van der Waals surface area contributed by atoms with Gasteiger partial charge in [-0.3, -0.25) is 0 Å². The summed E-state index contributed by atoms with van der Waals surface area (Å²) in [6.07, 6.45) is 1.30. The second-order valence-corrected chi connectivity index (χ2v) is 3.42. The van der Waals surface area contributed by atoms with E-state index in [4.69, 9.17) is 4.74 Å². The summed E-state index contributed by atoms with van der Waals surface area (Å²) in [6, 6.07) is 6.59. The van der Waals surface area contributed by atoms with E-state index >= 15 is 0 Å². The molecule has 0 N–H and O–H groups in total. The van der Waals surface area contributed by atoms with Gasteiger partial charge < -0.3 is 4.74 Å². The molecule has 1 nitrogen and oxygen atoms in total. The maximum absolute atomic E-state index is 5.29. The normalized spacial score (nSPS) is 12.9. The topological polar surface area (TPSA) is 9.23 Å². The predicted molar refractivity (Wildman–Crippen MR) is 56.0 cm³/mol. The van der Waals surface area contributed by atoms with Crippen molar-refractivity contribution in [1.29, 1.82) is 0 Å². The van der Waals surface area contributed by atoms with E-state index < -0.39 is 0 Å². The molecule has 1 unspecified atom stereocenters. The van der Waals surface area contributed by atoms with Gasteiger partial charge in [0.25, 0.3) is 0 Å². The highest BCUT2D eigenvalue weighted by Crippen LogP contribution is 2.21. The van der Waals surface area contributed by atoms with Gasteiger partial charge in [0.2, 0.25) is 0 Å². The molecule has 0 heterocycles. The van der Waals surface area contributed by atoms with Crippen molar-refractivity contribution < 1.29 is 4.74 Å². The van der Waals surface area contributed by atoms with Gasteiger partial charge in [-0.05, 0) is 37.0 Å². The fraction of sp³-hybridized carbons (Fsp3) is 0.500. The zero-order valence-corrected chi connectivity index (χ0v) is 8.92. The molecule has 1 atom stereocenters. The molecule has 0 saturated heterocycles. The quantitative estimate of drug-likeness (QED) is 0.690. The van der Waals surface area contributed by atoms with Crippen LogP contribution < -0.4 is 0 Å². The smallest absolute Gasteiger partial charge is 0.0795 e. The zero-order chi connectivity index (χ0) is 9.84. The van der Waals surface area contributed by atoms with Crippen molar-refractivity contribution in [1.82, 2.24) is 0 Å². The fourth-order valence-electron chi connectivity index (χ4n) is 1.54. The first-order valence-corrected chi connectivity index (χ1v) is 4.81. The average molecular weight is 178 g/mol. The number of benzene rings is 1. The summed E-state index contributed by atoms with van der Waals surface area (Å²) in [5, 5.41) is 0. The first kappa shape index (κ1) is 10.3. The van der Waals surface area contributed by atoms with E-state index in [1.807, 2.05) is 0 Å². The lowest BCUT2D eigenvalue weighted by Gasteiger charge is -2.13. The fourth-order valence-corrected chi connectivity index (χ4v) is 1.54. The van der Waals surface area contributed by atoms with Crippen LogP contribution in [0, 0.1) is 6.92 Å². The van der Waals surface area contributed by atoms with E-state index in [2.05, 4.69) is 39.0 Å². The standard InChI is InChI=1S/C12H18O/c1-5-11-6-7-12(9(2)8-11)10(3)13-4/h6-8,10H,5H2,1-4H3. The Morgan fingerprint density at radius 3 is 2.54 bits per heavy atom. The Labute approximate surface area is 80.7 Å². The molecular formula is C12H18O. The Kier molecular flexibility index (Phi) is 3.49. The summed E-state index contributed by atoms with van der Waals surface area (Å²) in [6.45, 7) is 6.40. The van der Waals surface area contributed by atoms with Gasteiger partial charge in [-0.1, -0.05) is 25.1 Å². The van der Waals surface area contributed by atoms with Crippen LogP contribution in [0.4, 0.5) is 0 Å². The highest BCUT2D eigenvalue weighted by molar-refractivity contribution is 5.32. The van der Waals surface area contributed by atoms with Crippen molar-refractivity contribution in [2.24, 2.45) is 0 Å². The van der Waals surface area contributed by atoms with E-state index in [1.165, 1.54) is 16.7 Å². The summed E-state index contributed by atoms with van der Waals surface area (Å²) in [5.74, 6) is 0. The van der Waals surface area contributed by atoms with Gasteiger partial charge >= 0.3 is 0 Å². The van der Waals surface area contributed by atoms with Crippen molar-refractivity contribution >= 4 is 0 Å². The lowest BCUT2D eigenvalue weighted by molar-refractivity contribution is 0.119. The third kappa shape index (κ3) is 2.31. The van der Waals surface area contributed by atoms with Crippen molar-refractivity contribution in [2.45, 2.75) is 33.3 Å². The summed E-state index contributed by atoms with van der Waals surface area (Å²) in [4.78, 5) is 0. The summed E-state index contributed by atoms with van der Waals surface area (Å²) in [7, 11) is 1.75. The maximum Gasteiger partial charge on any atom is 0.0795 e. The highest BCUT2D eigenvalue weighted by Gasteiger charge is 2.06. The van der Waals surface area contributed by atoms with Gasteiger partial charge in [-0.2, -0.15) is 0 Å². The molecule has 72 valence electrons. The van der Waals surface area contributed by atoms with Crippen LogP contribution >= 0.6 is 0 Å².